The van der Waals surface area contributed by atoms with Crippen LogP contribution in [0.1, 0.15) is 44.9 Å². The fourth-order valence-corrected chi connectivity index (χ4v) is 6.93. The zero-order valence-electron chi connectivity index (χ0n) is 16.4. The maximum absolute atomic E-state index is 10.8. The van der Waals surface area contributed by atoms with Gasteiger partial charge in [0.15, 0.2) is 0 Å². The zero-order chi connectivity index (χ0) is 18.6. The van der Waals surface area contributed by atoms with E-state index in [-0.39, 0.29) is 5.60 Å². The summed E-state index contributed by atoms with van der Waals surface area (Å²) >= 11 is 0. The van der Waals surface area contributed by atoms with Gasteiger partial charge in [-0.2, -0.15) is 0 Å². The van der Waals surface area contributed by atoms with Crippen molar-refractivity contribution in [1.29, 1.82) is 0 Å². The van der Waals surface area contributed by atoms with Gasteiger partial charge in [-0.15, -0.1) is 0 Å². The van der Waals surface area contributed by atoms with E-state index in [4.69, 9.17) is 10.5 Å². The van der Waals surface area contributed by atoms with Gasteiger partial charge in [-0.05, 0) is 74.8 Å². The van der Waals surface area contributed by atoms with Crippen molar-refractivity contribution in [3.05, 3.63) is 18.2 Å². The first-order chi connectivity index (χ1) is 13.0. The Labute approximate surface area is 162 Å². The summed E-state index contributed by atoms with van der Waals surface area (Å²) in [6.45, 7) is 2.34. The van der Waals surface area contributed by atoms with Crippen molar-refractivity contribution in [2.45, 2.75) is 62.6 Å². The SMILES string of the molecule is COc1cc(NC2CCN([C@H]3C4CC5CC3C[C@@](O)(C5)C4)CC2)ccc1N. The Hall–Kier alpha value is -1.46. The normalized spacial score (nSPS) is 38.9. The van der Waals surface area contributed by atoms with E-state index in [1.54, 1.807) is 7.11 Å². The highest BCUT2D eigenvalue weighted by atomic mass is 16.5. The fourth-order valence-electron chi connectivity index (χ4n) is 6.93. The zero-order valence-corrected chi connectivity index (χ0v) is 16.4. The summed E-state index contributed by atoms with van der Waals surface area (Å²) < 4.78 is 5.34. The second-order valence-corrected chi connectivity index (χ2v) is 9.60. The maximum Gasteiger partial charge on any atom is 0.143 e. The van der Waals surface area contributed by atoms with E-state index < -0.39 is 0 Å². The third-order valence-corrected chi connectivity index (χ3v) is 7.75. The molecule has 148 valence electrons. The maximum atomic E-state index is 10.8. The summed E-state index contributed by atoms with van der Waals surface area (Å²) in [5.41, 5.74) is 7.38. The number of hydrogen-bond donors (Lipinski definition) is 3. The quantitative estimate of drug-likeness (QED) is 0.710. The van der Waals surface area contributed by atoms with Gasteiger partial charge >= 0.3 is 0 Å². The van der Waals surface area contributed by atoms with Gasteiger partial charge in [0.1, 0.15) is 5.75 Å². The number of rotatable bonds is 4. The van der Waals surface area contributed by atoms with Crippen molar-refractivity contribution < 1.29 is 9.84 Å². The molecule has 1 aromatic carbocycles. The van der Waals surface area contributed by atoms with E-state index in [1.807, 2.05) is 18.2 Å². The number of aliphatic hydroxyl groups is 1. The van der Waals surface area contributed by atoms with E-state index >= 15 is 0 Å². The molecule has 0 radical (unpaired) electrons. The molecule has 27 heavy (non-hydrogen) atoms. The van der Waals surface area contributed by atoms with Crippen LogP contribution in [0, 0.1) is 17.8 Å². The number of hydrogen-bond acceptors (Lipinski definition) is 5. The molecule has 1 saturated heterocycles. The summed E-state index contributed by atoms with van der Waals surface area (Å²) in [7, 11) is 1.66. The molecule has 5 aliphatic rings. The molecule has 4 bridgehead atoms. The van der Waals surface area contributed by atoms with Crippen LogP contribution >= 0.6 is 0 Å². The second kappa shape index (κ2) is 6.56. The van der Waals surface area contributed by atoms with Crippen molar-refractivity contribution in [3.8, 4) is 5.75 Å². The highest BCUT2D eigenvalue weighted by Crippen LogP contribution is 2.57. The van der Waals surface area contributed by atoms with E-state index in [0.717, 1.165) is 54.5 Å². The summed E-state index contributed by atoms with van der Waals surface area (Å²) in [5, 5.41) is 14.5. The average molecular weight is 372 g/mol. The van der Waals surface area contributed by atoms with Crippen LogP contribution in [0.2, 0.25) is 0 Å². The van der Waals surface area contributed by atoms with Gasteiger partial charge in [-0.1, -0.05) is 0 Å². The number of nitrogen functional groups attached to an aromatic ring is 1. The number of anilines is 2. The topological polar surface area (TPSA) is 70.8 Å². The number of nitrogens with zero attached hydrogens (tertiary/aromatic N) is 1. The molecule has 5 fully saturated rings. The van der Waals surface area contributed by atoms with Crippen LogP contribution in [0.4, 0.5) is 11.4 Å². The van der Waals surface area contributed by atoms with E-state index in [1.165, 1.54) is 38.8 Å². The lowest BCUT2D eigenvalue weighted by Crippen LogP contribution is -2.62. The van der Waals surface area contributed by atoms with Gasteiger partial charge in [0.05, 0.1) is 18.4 Å². The Morgan fingerprint density at radius 2 is 1.85 bits per heavy atom. The lowest BCUT2D eigenvalue weighted by atomic mass is 9.52. The largest absolute Gasteiger partial charge is 0.495 e. The predicted molar refractivity (Wildman–Crippen MR) is 108 cm³/mol. The van der Waals surface area contributed by atoms with E-state index in [0.29, 0.717) is 11.7 Å². The van der Waals surface area contributed by atoms with Crippen LogP contribution in [0.5, 0.6) is 5.75 Å². The minimum absolute atomic E-state index is 0.318. The van der Waals surface area contributed by atoms with Crippen molar-refractivity contribution in [1.82, 2.24) is 4.90 Å². The van der Waals surface area contributed by atoms with Crippen molar-refractivity contribution in [2.24, 2.45) is 17.8 Å². The van der Waals surface area contributed by atoms with Crippen LogP contribution < -0.4 is 15.8 Å². The van der Waals surface area contributed by atoms with Crippen molar-refractivity contribution >= 4 is 11.4 Å². The minimum Gasteiger partial charge on any atom is -0.495 e. The fraction of sp³-hybridized carbons (Fsp3) is 0.727. The van der Waals surface area contributed by atoms with Gasteiger partial charge in [0.2, 0.25) is 0 Å². The van der Waals surface area contributed by atoms with Crippen LogP contribution in [0.15, 0.2) is 18.2 Å². The number of nitrogens with two attached hydrogens (primary N) is 1. The molecule has 1 aromatic rings. The van der Waals surface area contributed by atoms with E-state index in [2.05, 4.69) is 10.2 Å². The number of ether oxygens (including phenoxy) is 1. The Balaban J connectivity index is 1.20. The van der Waals surface area contributed by atoms with Gasteiger partial charge < -0.3 is 20.9 Å². The molecule has 5 heteroatoms. The van der Waals surface area contributed by atoms with Crippen molar-refractivity contribution in [2.75, 3.05) is 31.2 Å². The smallest absolute Gasteiger partial charge is 0.143 e. The lowest BCUT2D eigenvalue weighted by molar-refractivity contribution is -0.161. The van der Waals surface area contributed by atoms with Gasteiger partial charge in [-0.3, -0.25) is 4.90 Å². The van der Waals surface area contributed by atoms with Gasteiger partial charge in [-0.25, -0.2) is 0 Å². The molecule has 6 rings (SSSR count). The number of benzene rings is 1. The molecular weight excluding hydrogens is 338 g/mol. The molecule has 4 saturated carbocycles. The summed E-state index contributed by atoms with van der Waals surface area (Å²) in [6, 6.07) is 7.19. The number of methoxy groups -OCH3 is 1. The summed E-state index contributed by atoms with van der Waals surface area (Å²) in [5.74, 6) is 2.99. The highest BCUT2D eigenvalue weighted by Gasteiger charge is 2.56. The third kappa shape index (κ3) is 3.19. The minimum atomic E-state index is -0.318. The Kier molecular flexibility index (Phi) is 4.28. The molecule has 1 heterocycles. The molecule has 0 spiro atoms. The first-order valence-electron chi connectivity index (χ1n) is 10.7. The van der Waals surface area contributed by atoms with Crippen LogP contribution in [0.25, 0.3) is 0 Å². The monoisotopic (exact) mass is 371 g/mol. The predicted octanol–water partition coefficient (Wildman–Crippen LogP) is 3.09. The second-order valence-electron chi connectivity index (χ2n) is 9.60. The molecule has 1 aliphatic heterocycles. The van der Waals surface area contributed by atoms with Crippen LogP contribution in [-0.4, -0.2) is 47.9 Å². The number of piperidine rings is 1. The summed E-state index contributed by atoms with van der Waals surface area (Å²) in [4.78, 5) is 2.76. The summed E-state index contributed by atoms with van der Waals surface area (Å²) in [6.07, 6.45) is 8.23. The number of likely N-dealkylation sites (tertiary alicyclic amines) is 1. The molecule has 0 amide bonds. The van der Waals surface area contributed by atoms with Gasteiger partial charge in [0.25, 0.3) is 0 Å². The van der Waals surface area contributed by atoms with Gasteiger partial charge in [0, 0.05) is 36.9 Å². The standard InChI is InChI=1S/C22H33N3O2/c1-27-20-10-18(2-3-19(20)23)24-17-4-6-25(7-5-17)21-15-8-14-9-16(21)13-22(26,11-14)12-15/h2-3,10,14-17,21,24,26H,4-9,11-13,23H2,1H3/t14?,15?,16?,21-,22+. The average Bonchev–Trinajstić information content (AvgIpc) is 2.63. The Morgan fingerprint density at radius 1 is 1.15 bits per heavy atom. The molecule has 2 atom stereocenters. The van der Waals surface area contributed by atoms with Crippen LogP contribution in [-0.2, 0) is 0 Å². The Bertz CT molecular complexity index is 685. The molecule has 0 aromatic heterocycles. The molecular formula is C22H33N3O2. The molecule has 2 unspecified atom stereocenters. The highest BCUT2D eigenvalue weighted by molar-refractivity contribution is 5.61. The third-order valence-electron chi connectivity index (χ3n) is 7.75. The molecule has 4 aliphatic carbocycles. The Morgan fingerprint density at radius 3 is 2.48 bits per heavy atom. The van der Waals surface area contributed by atoms with Crippen molar-refractivity contribution in [3.63, 3.8) is 0 Å². The first kappa shape index (κ1) is 17.6. The molecule has 4 N–H and O–H groups in total. The van der Waals surface area contributed by atoms with E-state index in [9.17, 15) is 5.11 Å². The lowest BCUT2D eigenvalue weighted by Gasteiger charge is -2.61. The van der Waals surface area contributed by atoms with Crippen LogP contribution in [0.3, 0.4) is 0 Å². The molecule has 5 nitrogen and oxygen atoms in total. The first-order valence-corrected chi connectivity index (χ1v) is 10.7. The number of nitrogens with one attached hydrogen (secondary N) is 1.